The molecule has 1 aliphatic rings. The lowest BCUT2D eigenvalue weighted by atomic mass is 10.2. The van der Waals surface area contributed by atoms with E-state index in [1.54, 1.807) is 11.9 Å². The van der Waals surface area contributed by atoms with Gasteiger partial charge in [0.2, 0.25) is 5.91 Å². The summed E-state index contributed by atoms with van der Waals surface area (Å²) in [5.41, 5.74) is 0. The molecule has 1 saturated heterocycles. The summed E-state index contributed by atoms with van der Waals surface area (Å²) in [5.74, 6) is -1.65. The van der Waals surface area contributed by atoms with Crippen molar-refractivity contribution < 1.29 is 23.1 Å². The molecule has 1 N–H and O–H groups in total. The fraction of sp³-hybridized carbons (Fsp3) is 0.750. The third kappa shape index (κ3) is 5.69. The smallest absolute Gasteiger partial charge is 0.304 e. The summed E-state index contributed by atoms with van der Waals surface area (Å²) in [5, 5.41) is 17.3. The number of hydrogen-bond donors (Lipinski definition) is 1. The maximum absolute atomic E-state index is 12.0. The van der Waals surface area contributed by atoms with Gasteiger partial charge in [-0.15, -0.1) is 0 Å². The van der Waals surface area contributed by atoms with Crippen molar-refractivity contribution >= 4 is 21.7 Å². The number of aliphatic carboxylic acids is 1. The van der Waals surface area contributed by atoms with Crippen LogP contribution in [0.3, 0.4) is 0 Å². The van der Waals surface area contributed by atoms with Gasteiger partial charge in [0.15, 0.2) is 9.84 Å². The van der Waals surface area contributed by atoms with Crippen molar-refractivity contribution in [2.45, 2.75) is 18.9 Å². The van der Waals surface area contributed by atoms with Gasteiger partial charge in [-0.2, -0.15) is 5.26 Å². The van der Waals surface area contributed by atoms with E-state index in [9.17, 15) is 18.0 Å². The van der Waals surface area contributed by atoms with Crippen LogP contribution in [0.15, 0.2) is 0 Å². The van der Waals surface area contributed by atoms with Crippen LogP contribution in [-0.2, 0) is 19.4 Å². The van der Waals surface area contributed by atoms with Crippen molar-refractivity contribution in [2.24, 2.45) is 0 Å². The number of carboxylic acids is 1. The lowest BCUT2D eigenvalue weighted by Gasteiger charge is -2.34. The van der Waals surface area contributed by atoms with Crippen LogP contribution < -0.4 is 0 Å². The summed E-state index contributed by atoms with van der Waals surface area (Å²) in [7, 11) is -1.69. The van der Waals surface area contributed by atoms with Gasteiger partial charge in [0.25, 0.3) is 0 Å². The zero-order chi connectivity index (χ0) is 16.0. The SMILES string of the molecule is CN(CCC#N)C(=O)CN1CCS(=O)(=O)CC1CC(=O)O. The molecule has 1 fully saturated rings. The highest BCUT2D eigenvalue weighted by Crippen LogP contribution is 2.15. The van der Waals surface area contributed by atoms with Gasteiger partial charge in [0.1, 0.15) is 0 Å². The highest BCUT2D eigenvalue weighted by atomic mass is 32.2. The number of likely N-dealkylation sites (N-methyl/N-ethyl adjacent to an activating group) is 1. The zero-order valence-corrected chi connectivity index (χ0v) is 12.7. The summed E-state index contributed by atoms with van der Waals surface area (Å²) in [6, 6.07) is 1.25. The van der Waals surface area contributed by atoms with Crippen LogP contribution in [0, 0.1) is 11.3 Å². The topological polar surface area (TPSA) is 119 Å². The summed E-state index contributed by atoms with van der Waals surface area (Å²) < 4.78 is 23.2. The molecular formula is C12H19N3O5S. The minimum absolute atomic E-state index is 0.0323. The van der Waals surface area contributed by atoms with Crippen LogP contribution in [0.2, 0.25) is 0 Å². The molecule has 0 aliphatic carbocycles. The summed E-state index contributed by atoms with van der Waals surface area (Å²) in [4.78, 5) is 25.8. The first kappa shape index (κ1) is 17.4. The Morgan fingerprint density at radius 1 is 1.48 bits per heavy atom. The minimum Gasteiger partial charge on any atom is -0.481 e. The van der Waals surface area contributed by atoms with Crippen molar-refractivity contribution in [1.82, 2.24) is 9.80 Å². The van der Waals surface area contributed by atoms with Crippen LogP contribution in [0.4, 0.5) is 0 Å². The molecule has 0 bridgehead atoms. The van der Waals surface area contributed by atoms with Gasteiger partial charge in [-0.05, 0) is 0 Å². The zero-order valence-electron chi connectivity index (χ0n) is 11.9. The maximum atomic E-state index is 12.0. The molecule has 0 saturated carbocycles. The number of nitriles is 1. The third-order valence-corrected chi connectivity index (χ3v) is 5.08. The lowest BCUT2D eigenvalue weighted by molar-refractivity contribution is -0.139. The van der Waals surface area contributed by atoms with E-state index in [1.807, 2.05) is 6.07 Å². The number of carboxylic acid groups (broad SMARTS) is 1. The average Bonchev–Trinajstić information content (AvgIpc) is 2.37. The van der Waals surface area contributed by atoms with Crippen LogP contribution in [0.25, 0.3) is 0 Å². The highest BCUT2D eigenvalue weighted by Gasteiger charge is 2.33. The van der Waals surface area contributed by atoms with Gasteiger partial charge < -0.3 is 10.0 Å². The Morgan fingerprint density at radius 3 is 2.71 bits per heavy atom. The molecule has 1 heterocycles. The fourth-order valence-electron chi connectivity index (χ4n) is 2.16. The molecule has 8 nitrogen and oxygen atoms in total. The molecule has 1 aliphatic heterocycles. The fourth-order valence-corrected chi connectivity index (χ4v) is 3.75. The van der Waals surface area contributed by atoms with Gasteiger partial charge in [-0.25, -0.2) is 8.42 Å². The first-order valence-corrected chi connectivity index (χ1v) is 8.34. The minimum atomic E-state index is -3.25. The van der Waals surface area contributed by atoms with Crippen LogP contribution in [0.5, 0.6) is 0 Å². The molecule has 0 aromatic rings. The predicted octanol–water partition coefficient (Wildman–Crippen LogP) is -1.07. The molecule has 0 aromatic heterocycles. The van der Waals surface area contributed by atoms with Gasteiger partial charge in [-0.1, -0.05) is 0 Å². The predicted molar refractivity (Wildman–Crippen MR) is 74.1 cm³/mol. The number of amides is 1. The van der Waals surface area contributed by atoms with E-state index < -0.39 is 21.8 Å². The molecular weight excluding hydrogens is 298 g/mol. The molecule has 21 heavy (non-hydrogen) atoms. The van der Waals surface area contributed by atoms with Gasteiger partial charge in [0.05, 0.1) is 37.0 Å². The van der Waals surface area contributed by atoms with E-state index in [2.05, 4.69) is 0 Å². The number of sulfone groups is 1. The van der Waals surface area contributed by atoms with E-state index in [0.717, 1.165) is 0 Å². The lowest BCUT2D eigenvalue weighted by Crippen LogP contribution is -2.52. The van der Waals surface area contributed by atoms with Crippen molar-refractivity contribution in [3.05, 3.63) is 0 Å². The second-order valence-electron chi connectivity index (χ2n) is 5.06. The van der Waals surface area contributed by atoms with E-state index in [-0.39, 0.29) is 43.3 Å². The highest BCUT2D eigenvalue weighted by molar-refractivity contribution is 7.91. The molecule has 9 heteroatoms. The number of nitrogens with zero attached hydrogens (tertiary/aromatic N) is 3. The molecule has 1 unspecified atom stereocenters. The van der Waals surface area contributed by atoms with Gasteiger partial charge >= 0.3 is 5.97 Å². The Labute approximate surface area is 123 Å². The Morgan fingerprint density at radius 2 is 2.14 bits per heavy atom. The molecule has 1 amide bonds. The second-order valence-corrected chi connectivity index (χ2v) is 7.29. The largest absolute Gasteiger partial charge is 0.481 e. The number of carbonyl (C=O) groups is 2. The number of rotatable bonds is 6. The Hall–Kier alpha value is -1.66. The van der Waals surface area contributed by atoms with Gasteiger partial charge in [0, 0.05) is 26.2 Å². The maximum Gasteiger partial charge on any atom is 0.304 e. The van der Waals surface area contributed by atoms with E-state index in [1.165, 1.54) is 4.90 Å². The summed E-state index contributed by atoms with van der Waals surface area (Å²) in [6.45, 7) is 0.415. The first-order valence-electron chi connectivity index (χ1n) is 6.52. The molecule has 0 radical (unpaired) electrons. The van der Waals surface area contributed by atoms with Crippen LogP contribution in [0.1, 0.15) is 12.8 Å². The normalized spacial score (nSPS) is 21.4. The standard InChI is InChI=1S/C12H19N3O5S/c1-14(4-2-3-13)11(16)8-15-5-6-21(19,20)9-10(15)7-12(17)18/h10H,2,4-9H2,1H3,(H,17,18). The molecule has 0 spiro atoms. The van der Waals surface area contributed by atoms with Crippen molar-refractivity contribution in [3.63, 3.8) is 0 Å². The number of carbonyl (C=O) groups excluding carboxylic acids is 1. The Bertz CT molecular complexity index is 540. The van der Waals surface area contributed by atoms with E-state index >= 15 is 0 Å². The first-order chi connectivity index (χ1) is 9.75. The summed E-state index contributed by atoms with van der Waals surface area (Å²) >= 11 is 0. The van der Waals surface area contributed by atoms with Crippen LogP contribution in [-0.4, -0.2) is 79.4 Å². The quantitative estimate of drug-likeness (QED) is 0.662. The Balaban J connectivity index is 2.68. The molecule has 0 aromatic carbocycles. The average molecular weight is 317 g/mol. The van der Waals surface area contributed by atoms with Crippen LogP contribution >= 0.6 is 0 Å². The molecule has 1 atom stereocenters. The number of hydrogen-bond acceptors (Lipinski definition) is 6. The van der Waals surface area contributed by atoms with E-state index in [0.29, 0.717) is 6.54 Å². The van der Waals surface area contributed by atoms with Gasteiger partial charge in [-0.3, -0.25) is 14.5 Å². The van der Waals surface area contributed by atoms with Crippen molar-refractivity contribution in [3.8, 4) is 6.07 Å². The molecule has 1 rings (SSSR count). The summed E-state index contributed by atoms with van der Waals surface area (Å²) in [6.07, 6.45) is -0.0937. The Kier molecular flexibility index (Phi) is 6.11. The van der Waals surface area contributed by atoms with Crippen molar-refractivity contribution in [1.29, 1.82) is 5.26 Å². The third-order valence-electron chi connectivity index (χ3n) is 3.39. The van der Waals surface area contributed by atoms with E-state index in [4.69, 9.17) is 10.4 Å². The monoisotopic (exact) mass is 317 g/mol. The molecule has 118 valence electrons. The second kappa shape index (κ2) is 7.38. The van der Waals surface area contributed by atoms with Crippen molar-refractivity contribution in [2.75, 3.05) is 38.2 Å².